The van der Waals surface area contributed by atoms with Gasteiger partial charge < -0.3 is 10.5 Å². The largest absolute Gasteiger partial charge is 0.455 e. The smallest absolute Gasteiger partial charge is 0.145 e. The van der Waals surface area contributed by atoms with Gasteiger partial charge in [-0.1, -0.05) is 17.7 Å². The van der Waals surface area contributed by atoms with Crippen LogP contribution < -0.4 is 10.5 Å². The van der Waals surface area contributed by atoms with Crippen molar-refractivity contribution in [2.24, 2.45) is 5.73 Å². The lowest BCUT2D eigenvalue weighted by molar-refractivity contribution is 0.474. The Hall–Kier alpha value is -1.58. The van der Waals surface area contributed by atoms with Crippen molar-refractivity contribution in [3.05, 3.63) is 53.3 Å². The van der Waals surface area contributed by atoms with Crippen molar-refractivity contribution in [2.45, 2.75) is 6.42 Å². The molecule has 0 aliphatic carbocycles. The number of rotatable bonds is 4. The Bertz CT molecular complexity index is 488. The number of halogens is 1. The van der Waals surface area contributed by atoms with Crippen LogP contribution in [0.3, 0.4) is 0 Å². The van der Waals surface area contributed by atoms with Crippen molar-refractivity contribution in [3.63, 3.8) is 0 Å². The van der Waals surface area contributed by atoms with E-state index in [9.17, 15) is 0 Å². The van der Waals surface area contributed by atoms with Gasteiger partial charge in [-0.05, 0) is 37.2 Å². The third-order valence-electron chi connectivity index (χ3n) is 2.33. The van der Waals surface area contributed by atoms with E-state index in [-0.39, 0.29) is 0 Å². The fourth-order valence-electron chi connectivity index (χ4n) is 1.56. The zero-order chi connectivity index (χ0) is 12.1. The fraction of sp³-hybridized carbons (Fsp3) is 0.154. The minimum atomic E-state index is 0.535. The van der Waals surface area contributed by atoms with Gasteiger partial charge >= 0.3 is 0 Å². The summed E-state index contributed by atoms with van der Waals surface area (Å²) in [6, 6.07) is 9.24. The van der Waals surface area contributed by atoms with E-state index in [4.69, 9.17) is 22.1 Å². The van der Waals surface area contributed by atoms with Crippen molar-refractivity contribution in [2.75, 3.05) is 6.54 Å². The van der Waals surface area contributed by atoms with Crippen LogP contribution in [0.5, 0.6) is 11.5 Å². The maximum Gasteiger partial charge on any atom is 0.145 e. The molecule has 0 saturated heterocycles. The second-order valence-electron chi connectivity index (χ2n) is 3.55. The van der Waals surface area contributed by atoms with Crippen molar-refractivity contribution in [3.8, 4) is 11.5 Å². The van der Waals surface area contributed by atoms with Gasteiger partial charge in [-0.3, -0.25) is 4.98 Å². The summed E-state index contributed by atoms with van der Waals surface area (Å²) in [5.74, 6) is 1.42. The molecule has 2 rings (SSSR count). The molecule has 0 amide bonds. The van der Waals surface area contributed by atoms with Crippen LogP contribution in [0.25, 0.3) is 0 Å². The molecule has 0 radical (unpaired) electrons. The lowest BCUT2D eigenvalue weighted by atomic mass is 10.1. The molecule has 0 aliphatic rings. The first-order chi connectivity index (χ1) is 8.31. The zero-order valence-corrected chi connectivity index (χ0v) is 10.0. The third-order valence-corrected chi connectivity index (χ3v) is 2.69. The standard InChI is InChI=1S/C13H13ClN2O/c14-12-4-1-5-13(11(12)6-7-15)17-10-3-2-8-16-9-10/h1-5,8-9H,6-7,15H2. The van der Waals surface area contributed by atoms with Gasteiger partial charge in [0, 0.05) is 16.8 Å². The van der Waals surface area contributed by atoms with Crippen LogP contribution in [-0.2, 0) is 6.42 Å². The van der Waals surface area contributed by atoms with Crippen LogP contribution in [-0.4, -0.2) is 11.5 Å². The van der Waals surface area contributed by atoms with E-state index < -0.39 is 0 Å². The Kier molecular flexibility index (Phi) is 3.96. The average molecular weight is 249 g/mol. The molecule has 2 N–H and O–H groups in total. The van der Waals surface area contributed by atoms with Gasteiger partial charge in [-0.25, -0.2) is 0 Å². The lowest BCUT2D eigenvalue weighted by Gasteiger charge is -2.11. The van der Waals surface area contributed by atoms with Crippen LogP contribution >= 0.6 is 11.6 Å². The van der Waals surface area contributed by atoms with Gasteiger partial charge in [0.2, 0.25) is 0 Å². The summed E-state index contributed by atoms with van der Waals surface area (Å²) in [4.78, 5) is 4.00. The zero-order valence-electron chi connectivity index (χ0n) is 9.27. The molecule has 3 nitrogen and oxygen atoms in total. The van der Waals surface area contributed by atoms with Gasteiger partial charge in [0.25, 0.3) is 0 Å². The van der Waals surface area contributed by atoms with E-state index in [0.29, 0.717) is 23.7 Å². The Morgan fingerprint density at radius 1 is 1.24 bits per heavy atom. The summed E-state index contributed by atoms with van der Waals surface area (Å²) in [5.41, 5.74) is 6.50. The van der Waals surface area contributed by atoms with Crippen LogP contribution in [0, 0.1) is 0 Å². The van der Waals surface area contributed by atoms with Gasteiger partial charge in [0.1, 0.15) is 11.5 Å². The van der Waals surface area contributed by atoms with Gasteiger partial charge in [-0.15, -0.1) is 0 Å². The molecule has 2 aromatic rings. The van der Waals surface area contributed by atoms with Crippen LogP contribution in [0.4, 0.5) is 0 Å². The molecule has 1 aromatic carbocycles. The molecule has 0 atom stereocenters. The number of ether oxygens (including phenoxy) is 1. The normalized spacial score (nSPS) is 10.2. The number of pyridine rings is 1. The molecular formula is C13H13ClN2O. The van der Waals surface area contributed by atoms with Crippen molar-refractivity contribution in [1.82, 2.24) is 4.98 Å². The second kappa shape index (κ2) is 5.66. The van der Waals surface area contributed by atoms with E-state index in [0.717, 1.165) is 11.3 Å². The van der Waals surface area contributed by atoms with Crippen molar-refractivity contribution < 1.29 is 4.74 Å². The SMILES string of the molecule is NCCc1c(Cl)cccc1Oc1cccnc1. The van der Waals surface area contributed by atoms with E-state index in [2.05, 4.69) is 4.98 Å². The Labute approximate surface area is 105 Å². The Morgan fingerprint density at radius 2 is 2.12 bits per heavy atom. The minimum Gasteiger partial charge on any atom is -0.455 e. The Morgan fingerprint density at radius 3 is 2.82 bits per heavy atom. The molecule has 0 aliphatic heterocycles. The third kappa shape index (κ3) is 2.96. The topological polar surface area (TPSA) is 48.1 Å². The molecule has 0 fully saturated rings. The van der Waals surface area contributed by atoms with E-state index in [1.807, 2.05) is 30.3 Å². The quantitative estimate of drug-likeness (QED) is 0.905. The maximum atomic E-state index is 6.12. The predicted molar refractivity (Wildman–Crippen MR) is 68.5 cm³/mol. The van der Waals surface area contributed by atoms with E-state index in [1.165, 1.54) is 0 Å². The van der Waals surface area contributed by atoms with E-state index >= 15 is 0 Å². The summed E-state index contributed by atoms with van der Waals surface area (Å²) in [5, 5.41) is 0.678. The average Bonchev–Trinajstić information content (AvgIpc) is 2.35. The summed E-state index contributed by atoms with van der Waals surface area (Å²) < 4.78 is 5.74. The number of hydrogen-bond acceptors (Lipinski definition) is 3. The molecule has 17 heavy (non-hydrogen) atoms. The molecule has 0 spiro atoms. The molecule has 1 aromatic heterocycles. The number of hydrogen-bond donors (Lipinski definition) is 1. The molecule has 0 bridgehead atoms. The molecule has 0 saturated carbocycles. The fourth-order valence-corrected chi connectivity index (χ4v) is 1.82. The highest BCUT2D eigenvalue weighted by molar-refractivity contribution is 6.31. The summed E-state index contributed by atoms with van der Waals surface area (Å²) in [7, 11) is 0. The lowest BCUT2D eigenvalue weighted by Crippen LogP contribution is -2.04. The van der Waals surface area contributed by atoms with Crippen LogP contribution in [0.2, 0.25) is 5.02 Å². The molecule has 0 unspecified atom stereocenters. The summed E-state index contributed by atoms with van der Waals surface area (Å²) in [6.07, 6.45) is 4.05. The summed E-state index contributed by atoms with van der Waals surface area (Å²) in [6.45, 7) is 0.535. The first kappa shape index (κ1) is 11.9. The second-order valence-corrected chi connectivity index (χ2v) is 3.95. The first-order valence-electron chi connectivity index (χ1n) is 5.36. The highest BCUT2D eigenvalue weighted by atomic mass is 35.5. The van der Waals surface area contributed by atoms with Crippen LogP contribution in [0.15, 0.2) is 42.7 Å². The number of nitrogens with two attached hydrogens (primary N) is 1. The molecule has 88 valence electrons. The number of benzene rings is 1. The molecular weight excluding hydrogens is 236 g/mol. The van der Waals surface area contributed by atoms with Gasteiger partial charge in [0.15, 0.2) is 0 Å². The maximum absolute atomic E-state index is 6.12. The van der Waals surface area contributed by atoms with Gasteiger partial charge in [-0.2, -0.15) is 0 Å². The Balaban J connectivity index is 2.29. The van der Waals surface area contributed by atoms with Crippen LogP contribution in [0.1, 0.15) is 5.56 Å². The number of aromatic nitrogens is 1. The van der Waals surface area contributed by atoms with E-state index in [1.54, 1.807) is 12.4 Å². The number of nitrogens with zero attached hydrogens (tertiary/aromatic N) is 1. The molecule has 4 heteroatoms. The predicted octanol–water partition coefficient (Wildman–Crippen LogP) is 3.03. The highest BCUT2D eigenvalue weighted by Crippen LogP contribution is 2.30. The van der Waals surface area contributed by atoms with Gasteiger partial charge in [0.05, 0.1) is 6.20 Å². The van der Waals surface area contributed by atoms with Crippen molar-refractivity contribution in [1.29, 1.82) is 0 Å². The molecule has 1 heterocycles. The minimum absolute atomic E-state index is 0.535. The first-order valence-corrected chi connectivity index (χ1v) is 5.74. The highest BCUT2D eigenvalue weighted by Gasteiger charge is 2.08. The van der Waals surface area contributed by atoms with Crippen molar-refractivity contribution >= 4 is 11.6 Å². The monoisotopic (exact) mass is 248 g/mol. The summed E-state index contributed by atoms with van der Waals surface area (Å²) >= 11 is 6.12.